The van der Waals surface area contributed by atoms with Crippen molar-refractivity contribution in [1.29, 1.82) is 0 Å². The van der Waals surface area contributed by atoms with Gasteiger partial charge in [-0.15, -0.1) is 11.3 Å². The number of nitrogens with zero attached hydrogens (tertiary/aromatic N) is 1. The first-order valence-electron chi connectivity index (χ1n) is 5.87. The molecule has 2 aromatic rings. The minimum absolute atomic E-state index is 0.0671. The minimum atomic E-state index is -0.0671. The van der Waals surface area contributed by atoms with E-state index in [1.807, 2.05) is 17.5 Å². The number of para-hydroxylation sites is 2. The van der Waals surface area contributed by atoms with Crippen molar-refractivity contribution in [3.05, 3.63) is 40.8 Å². The lowest BCUT2D eigenvalue weighted by Gasteiger charge is -2.08. The van der Waals surface area contributed by atoms with Crippen molar-refractivity contribution < 1.29 is 9.53 Å². The standard InChI is InChI=1S/C13H15N3O2S/c14-11-3-1-2-4-12(11)18-6-5-13(17)15-7-10-8-19-9-16-10/h1-4,8-9H,5-7,14H2,(H,15,17). The van der Waals surface area contributed by atoms with E-state index in [4.69, 9.17) is 10.5 Å². The Labute approximate surface area is 115 Å². The van der Waals surface area contributed by atoms with Crippen LogP contribution in [0.3, 0.4) is 0 Å². The third kappa shape index (κ3) is 4.26. The van der Waals surface area contributed by atoms with Crippen LogP contribution < -0.4 is 15.8 Å². The van der Waals surface area contributed by atoms with Gasteiger partial charge in [0, 0.05) is 5.38 Å². The molecule has 0 saturated heterocycles. The van der Waals surface area contributed by atoms with Gasteiger partial charge in [0.15, 0.2) is 0 Å². The molecule has 1 heterocycles. The zero-order valence-corrected chi connectivity index (χ0v) is 11.2. The SMILES string of the molecule is Nc1ccccc1OCCC(=O)NCc1cscn1. The Hall–Kier alpha value is -2.08. The largest absolute Gasteiger partial charge is 0.491 e. The van der Waals surface area contributed by atoms with Crippen LogP contribution in [-0.2, 0) is 11.3 Å². The van der Waals surface area contributed by atoms with E-state index in [1.165, 1.54) is 11.3 Å². The zero-order valence-electron chi connectivity index (χ0n) is 10.3. The first kappa shape index (κ1) is 13.4. The van der Waals surface area contributed by atoms with Crippen LogP contribution in [0.2, 0.25) is 0 Å². The monoisotopic (exact) mass is 277 g/mol. The summed E-state index contributed by atoms with van der Waals surface area (Å²) in [7, 11) is 0. The number of carbonyl (C=O) groups excluding carboxylic acids is 1. The number of hydrogen-bond acceptors (Lipinski definition) is 5. The van der Waals surface area contributed by atoms with Gasteiger partial charge < -0.3 is 15.8 Å². The normalized spacial score (nSPS) is 10.1. The van der Waals surface area contributed by atoms with E-state index in [-0.39, 0.29) is 5.91 Å². The first-order valence-corrected chi connectivity index (χ1v) is 6.81. The highest BCUT2D eigenvalue weighted by molar-refractivity contribution is 7.07. The first-order chi connectivity index (χ1) is 9.25. The predicted octanol–water partition coefficient (Wildman–Crippen LogP) is 1.81. The fraction of sp³-hybridized carbons (Fsp3) is 0.231. The smallest absolute Gasteiger partial charge is 0.223 e. The Morgan fingerprint density at radius 2 is 2.26 bits per heavy atom. The van der Waals surface area contributed by atoms with Crippen LogP contribution >= 0.6 is 11.3 Å². The second-order valence-corrected chi connectivity index (χ2v) is 4.61. The Morgan fingerprint density at radius 1 is 1.42 bits per heavy atom. The van der Waals surface area contributed by atoms with Crippen LogP contribution in [0.1, 0.15) is 12.1 Å². The number of rotatable bonds is 6. The van der Waals surface area contributed by atoms with Gasteiger partial charge in [0.1, 0.15) is 5.75 Å². The van der Waals surface area contributed by atoms with E-state index in [0.29, 0.717) is 31.0 Å². The summed E-state index contributed by atoms with van der Waals surface area (Å²) in [6.45, 7) is 0.757. The predicted molar refractivity (Wildman–Crippen MR) is 74.9 cm³/mol. The summed E-state index contributed by atoms with van der Waals surface area (Å²) in [5.74, 6) is 0.539. The number of nitrogens with two attached hydrogens (primary N) is 1. The third-order valence-corrected chi connectivity index (χ3v) is 3.09. The number of nitrogens with one attached hydrogen (secondary N) is 1. The molecule has 100 valence electrons. The van der Waals surface area contributed by atoms with Crippen LogP contribution in [0.15, 0.2) is 35.2 Å². The molecule has 0 aliphatic rings. The lowest BCUT2D eigenvalue weighted by atomic mass is 10.3. The number of hydrogen-bond donors (Lipinski definition) is 2. The molecule has 0 aliphatic heterocycles. The fourth-order valence-corrected chi connectivity index (χ4v) is 2.03. The third-order valence-electron chi connectivity index (χ3n) is 2.46. The molecule has 3 N–H and O–H groups in total. The van der Waals surface area contributed by atoms with E-state index < -0.39 is 0 Å². The Balaban J connectivity index is 1.68. The number of amides is 1. The van der Waals surface area contributed by atoms with E-state index in [0.717, 1.165) is 5.69 Å². The number of anilines is 1. The van der Waals surface area contributed by atoms with E-state index in [1.54, 1.807) is 17.6 Å². The van der Waals surface area contributed by atoms with Crippen LogP contribution in [0, 0.1) is 0 Å². The maximum absolute atomic E-state index is 11.6. The molecular formula is C13H15N3O2S. The zero-order chi connectivity index (χ0) is 13.5. The van der Waals surface area contributed by atoms with Gasteiger partial charge in [-0.25, -0.2) is 4.98 Å². The number of aromatic nitrogens is 1. The molecule has 0 radical (unpaired) electrons. The number of benzene rings is 1. The van der Waals surface area contributed by atoms with Gasteiger partial charge >= 0.3 is 0 Å². The van der Waals surface area contributed by atoms with Gasteiger partial charge in [0.2, 0.25) is 5.91 Å². The molecule has 1 aromatic carbocycles. The van der Waals surface area contributed by atoms with Crippen LogP contribution in [-0.4, -0.2) is 17.5 Å². The van der Waals surface area contributed by atoms with Crippen LogP contribution in [0.4, 0.5) is 5.69 Å². The molecule has 0 atom stereocenters. The molecule has 0 bridgehead atoms. The molecular weight excluding hydrogens is 262 g/mol. The Bertz CT molecular complexity index is 528. The highest BCUT2D eigenvalue weighted by atomic mass is 32.1. The maximum atomic E-state index is 11.6. The molecule has 1 aromatic heterocycles. The van der Waals surface area contributed by atoms with Gasteiger partial charge in [-0.2, -0.15) is 0 Å². The molecule has 1 amide bonds. The topological polar surface area (TPSA) is 77.2 Å². The average Bonchev–Trinajstić information content (AvgIpc) is 2.92. The summed E-state index contributed by atoms with van der Waals surface area (Å²) in [6.07, 6.45) is 0.290. The van der Waals surface area contributed by atoms with Crippen LogP contribution in [0.25, 0.3) is 0 Å². The van der Waals surface area contributed by atoms with E-state index >= 15 is 0 Å². The van der Waals surface area contributed by atoms with Crippen molar-refractivity contribution in [2.45, 2.75) is 13.0 Å². The van der Waals surface area contributed by atoms with Gasteiger partial charge in [-0.1, -0.05) is 12.1 Å². The average molecular weight is 277 g/mol. The molecule has 0 aliphatic carbocycles. The molecule has 5 nitrogen and oxygen atoms in total. The summed E-state index contributed by atoms with van der Waals surface area (Å²) >= 11 is 1.51. The maximum Gasteiger partial charge on any atom is 0.223 e. The summed E-state index contributed by atoms with van der Waals surface area (Å²) in [5.41, 5.74) is 8.91. The molecule has 0 fully saturated rings. The van der Waals surface area contributed by atoms with E-state index in [9.17, 15) is 4.79 Å². The lowest BCUT2D eigenvalue weighted by molar-refractivity contribution is -0.121. The van der Waals surface area contributed by atoms with Crippen molar-refractivity contribution in [3.63, 3.8) is 0 Å². The number of thiazole rings is 1. The lowest BCUT2D eigenvalue weighted by Crippen LogP contribution is -2.24. The second-order valence-electron chi connectivity index (χ2n) is 3.89. The highest BCUT2D eigenvalue weighted by Crippen LogP contribution is 2.19. The van der Waals surface area contributed by atoms with Crippen molar-refractivity contribution in [2.24, 2.45) is 0 Å². The van der Waals surface area contributed by atoms with Gasteiger partial charge in [-0.05, 0) is 12.1 Å². The van der Waals surface area contributed by atoms with Gasteiger partial charge in [0.25, 0.3) is 0 Å². The summed E-state index contributed by atoms with van der Waals surface area (Å²) < 4.78 is 5.45. The van der Waals surface area contributed by atoms with Crippen molar-refractivity contribution in [2.75, 3.05) is 12.3 Å². The second kappa shape index (κ2) is 6.75. The van der Waals surface area contributed by atoms with Crippen molar-refractivity contribution in [3.8, 4) is 5.75 Å². The van der Waals surface area contributed by atoms with Crippen LogP contribution in [0.5, 0.6) is 5.75 Å². The number of carbonyl (C=O) groups is 1. The number of ether oxygens (including phenoxy) is 1. The molecule has 0 unspecified atom stereocenters. The quantitative estimate of drug-likeness (QED) is 0.789. The molecule has 0 spiro atoms. The molecule has 19 heavy (non-hydrogen) atoms. The molecule has 0 saturated carbocycles. The Kier molecular flexibility index (Phi) is 4.74. The molecule has 6 heteroatoms. The van der Waals surface area contributed by atoms with Gasteiger partial charge in [-0.3, -0.25) is 4.79 Å². The van der Waals surface area contributed by atoms with Crippen molar-refractivity contribution in [1.82, 2.24) is 10.3 Å². The Morgan fingerprint density at radius 3 is 3.00 bits per heavy atom. The summed E-state index contributed by atoms with van der Waals surface area (Å²) in [6, 6.07) is 7.22. The minimum Gasteiger partial charge on any atom is -0.491 e. The van der Waals surface area contributed by atoms with E-state index in [2.05, 4.69) is 10.3 Å². The summed E-state index contributed by atoms with van der Waals surface area (Å²) in [4.78, 5) is 15.7. The van der Waals surface area contributed by atoms with Gasteiger partial charge in [0.05, 0.1) is 36.5 Å². The fourth-order valence-electron chi connectivity index (χ4n) is 1.47. The number of nitrogen functional groups attached to an aromatic ring is 1. The summed E-state index contributed by atoms with van der Waals surface area (Å²) in [5, 5.41) is 4.68. The van der Waals surface area contributed by atoms with Crippen molar-refractivity contribution >= 4 is 22.9 Å². The molecule has 2 rings (SSSR count). The highest BCUT2D eigenvalue weighted by Gasteiger charge is 2.04.